The van der Waals surface area contributed by atoms with Crippen LogP contribution in [0.5, 0.6) is 5.75 Å². The van der Waals surface area contributed by atoms with E-state index in [-0.39, 0.29) is 0 Å². The highest BCUT2D eigenvalue weighted by atomic mass is 79.9. The van der Waals surface area contributed by atoms with E-state index in [1.807, 2.05) is 24.4 Å². The second-order valence-corrected chi connectivity index (χ2v) is 5.90. The minimum atomic E-state index is -4.30. The van der Waals surface area contributed by atoms with Crippen molar-refractivity contribution in [3.05, 3.63) is 64.3 Å². The van der Waals surface area contributed by atoms with Gasteiger partial charge in [-0.1, -0.05) is 12.1 Å². The Morgan fingerprint density at radius 1 is 1.00 bits per heavy atom. The Morgan fingerprint density at radius 2 is 1.74 bits per heavy atom. The minimum Gasteiger partial charge on any atom is -0.492 e. The number of hydrogen-bond acceptors (Lipinski definition) is 1. The summed E-state index contributed by atoms with van der Waals surface area (Å²) in [5, 5.41) is 1.03. The Hall–Kier alpha value is -1.95. The lowest BCUT2D eigenvalue weighted by Crippen LogP contribution is -2.06. The van der Waals surface area contributed by atoms with E-state index in [2.05, 4.69) is 20.9 Å². The lowest BCUT2D eigenvalue weighted by Gasteiger charge is -2.10. The molecule has 1 aromatic heterocycles. The third-order valence-electron chi connectivity index (χ3n) is 3.56. The number of hydrogen-bond donors (Lipinski definition) is 1. The average Bonchev–Trinajstić information content (AvgIpc) is 2.99. The number of benzene rings is 2. The van der Waals surface area contributed by atoms with Crippen molar-refractivity contribution in [2.24, 2.45) is 0 Å². The molecule has 0 fully saturated rings. The summed E-state index contributed by atoms with van der Waals surface area (Å²) in [4.78, 5) is 3.11. The highest BCUT2D eigenvalue weighted by Crippen LogP contribution is 2.33. The van der Waals surface area contributed by atoms with Gasteiger partial charge in [0.25, 0.3) is 0 Å². The number of alkyl halides is 3. The Labute approximate surface area is 139 Å². The van der Waals surface area contributed by atoms with Gasteiger partial charge in [-0.2, -0.15) is 13.2 Å². The molecule has 0 atom stereocenters. The van der Waals surface area contributed by atoms with Crippen LogP contribution in [0.4, 0.5) is 13.2 Å². The summed E-state index contributed by atoms with van der Waals surface area (Å²) in [5.74, 6) is 0.712. The number of ether oxygens (including phenoxy) is 1. The third kappa shape index (κ3) is 3.52. The second kappa shape index (κ2) is 6.28. The molecule has 0 unspecified atom stereocenters. The number of aromatic amines is 1. The molecule has 0 spiro atoms. The fourth-order valence-electron chi connectivity index (χ4n) is 2.33. The summed E-state index contributed by atoms with van der Waals surface area (Å²) < 4.78 is 44.1. The van der Waals surface area contributed by atoms with Gasteiger partial charge in [-0.15, -0.1) is 0 Å². The van der Waals surface area contributed by atoms with Crippen molar-refractivity contribution in [1.82, 2.24) is 4.98 Å². The highest BCUT2D eigenvalue weighted by molar-refractivity contribution is 9.10. The summed E-state index contributed by atoms with van der Waals surface area (Å²) in [7, 11) is 0. The van der Waals surface area contributed by atoms with Gasteiger partial charge < -0.3 is 9.72 Å². The fraction of sp³-hybridized carbons (Fsp3) is 0.176. The van der Waals surface area contributed by atoms with E-state index in [1.165, 1.54) is 12.1 Å². The molecule has 0 bridgehead atoms. The molecular formula is C17H13BrF3NO. The first kappa shape index (κ1) is 15.9. The van der Waals surface area contributed by atoms with Gasteiger partial charge in [0.2, 0.25) is 0 Å². The SMILES string of the molecule is FC(F)(F)c1ccc(CCOc2ccc3[nH]ccc3c2Br)cc1. The Balaban J connectivity index is 1.63. The maximum absolute atomic E-state index is 12.5. The van der Waals surface area contributed by atoms with Gasteiger partial charge in [0.15, 0.2) is 0 Å². The molecule has 3 rings (SSSR count). The molecule has 120 valence electrons. The van der Waals surface area contributed by atoms with E-state index >= 15 is 0 Å². The largest absolute Gasteiger partial charge is 0.492 e. The Bertz CT molecular complexity index is 809. The van der Waals surface area contributed by atoms with Crippen molar-refractivity contribution in [2.45, 2.75) is 12.6 Å². The zero-order valence-electron chi connectivity index (χ0n) is 12.0. The van der Waals surface area contributed by atoms with Crippen LogP contribution >= 0.6 is 15.9 Å². The number of aromatic nitrogens is 1. The summed E-state index contributed by atoms with van der Waals surface area (Å²) >= 11 is 3.51. The van der Waals surface area contributed by atoms with E-state index in [0.29, 0.717) is 18.8 Å². The van der Waals surface area contributed by atoms with Crippen molar-refractivity contribution < 1.29 is 17.9 Å². The first-order valence-corrected chi connectivity index (χ1v) is 7.79. The maximum atomic E-state index is 12.5. The molecule has 1 heterocycles. The molecule has 2 aromatic carbocycles. The van der Waals surface area contributed by atoms with Crippen molar-refractivity contribution >= 4 is 26.8 Å². The maximum Gasteiger partial charge on any atom is 0.416 e. The molecule has 1 N–H and O–H groups in total. The topological polar surface area (TPSA) is 25.0 Å². The monoisotopic (exact) mass is 383 g/mol. The lowest BCUT2D eigenvalue weighted by molar-refractivity contribution is -0.137. The first-order chi connectivity index (χ1) is 10.9. The van der Waals surface area contributed by atoms with Gasteiger partial charge in [-0.3, -0.25) is 0 Å². The van der Waals surface area contributed by atoms with Crippen LogP contribution in [0.1, 0.15) is 11.1 Å². The third-order valence-corrected chi connectivity index (χ3v) is 4.38. The number of nitrogens with one attached hydrogen (secondary N) is 1. The molecule has 6 heteroatoms. The van der Waals surface area contributed by atoms with Crippen LogP contribution in [0.3, 0.4) is 0 Å². The standard InChI is InChI=1S/C17H13BrF3NO/c18-16-13-7-9-22-14(13)5-6-15(16)23-10-8-11-1-3-12(4-2-11)17(19,20)21/h1-7,9,22H,8,10H2. The smallest absolute Gasteiger partial charge is 0.416 e. The molecule has 0 amide bonds. The zero-order chi connectivity index (χ0) is 16.4. The molecule has 0 aliphatic carbocycles. The molecule has 3 aromatic rings. The number of halogens is 4. The first-order valence-electron chi connectivity index (χ1n) is 7.00. The molecule has 0 radical (unpaired) electrons. The van der Waals surface area contributed by atoms with E-state index < -0.39 is 11.7 Å². The number of H-pyrrole nitrogens is 1. The Morgan fingerprint density at radius 3 is 2.43 bits per heavy atom. The van der Waals surface area contributed by atoms with Crippen molar-refractivity contribution in [3.63, 3.8) is 0 Å². The van der Waals surface area contributed by atoms with Crippen LogP contribution in [0, 0.1) is 0 Å². The van der Waals surface area contributed by atoms with Crippen LogP contribution < -0.4 is 4.74 Å². The van der Waals surface area contributed by atoms with Crippen LogP contribution in [0.25, 0.3) is 10.9 Å². The van der Waals surface area contributed by atoms with Crippen LogP contribution in [-0.4, -0.2) is 11.6 Å². The van der Waals surface area contributed by atoms with Crippen LogP contribution in [0.2, 0.25) is 0 Å². The van der Waals surface area contributed by atoms with E-state index in [9.17, 15) is 13.2 Å². The molecule has 23 heavy (non-hydrogen) atoms. The van der Waals surface area contributed by atoms with Gasteiger partial charge in [-0.25, -0.2) is 0 Å². The van der Waals surface area contributed by atoms with Crippen LogP contribution in [-0.2, 0) is 12.6 Å². The molecule has 0 saturated heterocycles. The summed E-state index contributed by atoms with van der Waals surface area (Å²) in [6.07, 6.45) is -1.91. The average molecular weight is 384 g/mol. The quantitative estimate of drug-likeness (QED) is 0.625. The van der Waals surface area contributed by atoms with E-state index in [4.69, 9.17) is 4.74 Å². The predicted molar refractivity (Wildman–Crippen MR) is 86.6 cm³/mol. The molecule has 0 aliphatic heterocycles. The van der Waals surface area contributed by atoms with Gasteiger partial charge in [0, 0.05) is 23.5 Å². The molecular weight excluding hydrogens is 371 g/mol. The molecule has 0 aliphatic rings. The second-order valence-electron chi connectivity index (χ2n) is 5.11. The van der Waals surface area contributed by atoms with Crippen molar-refractivity contribution in [2.75, 3.05) is 6.61 Å². The van der Waals surface area contributed by atoms with Gasteiger partial charge >= 0.3 is 6.18 Å². The van der Waals surface area contributed by atoms with Crippen LogP contribution in [0.15, 0.2) is 53.1 Å². The predicted octanol–water partition coefficient (Wildman–Crippen LogP) is 5.57. The number of rotatable bonds is 4. The van der Waals surface area contributed by atoms with Crippen molar-refractivity contribution in [1.29, 1.82) is 0 Å². The summed E-state index contributed by atoms with van der Waals surface area (Å²) in [6.45, 7) is 0.389. The lowest BCUT2D eigenvalue weighted by atomic mass is 10.1. The van der Waals surface area contributed by atoms with E-state index in [1.54, 1.807) is 0 Å². The zero-order valence-corrected chi connectivity index (χ0v) is 13.5. The van der Waals surface area contributed by atoms with Gasteiger partial charge in [0.05, 0.1) is 16.6 Å². The fourth-order valence-corrected chi connectivity index (χ4v) is 2.92. The Kier molecular flexibility index (Phi) is 4.35. The van der Waals surface area contributed by atoms with E-state index in [0.717, 1.165) is 33.1 Å². The van der Waals surface area contributed by atoms with Gasteiger partial charge in [-0.05, 0) is 51.8 Å². The summed E-state index contributed by atoms with van der Waals surface area (Å²) in [5.41, 5.74) is 1.17. The molecule has 0 saturated carbocycles. The van der Waals surface area contributed by atoms with Gasteiger partial charge in [0.1, 0.15) is 5.75 Å². The summed E-state index contributed by atoms with van der Waals surface area (Å²) in [6, 6.07) is 10.9. The molecule has 2 nitrogen and oxygen atoms in total. The van der Waals surface area contributed by atoms with Crippen molar-refractivity contribution in [3.8, 4) is 5.75 Å². The minimum absolute atomic E-state index is 0.389. The highest BCUT2D eigenvalue weighted by Gasteiger charge is 2.29. The normalized spacial score (nSPS) is 11.8. The number of fused-ring (bicyclic) bond motifs is 1.